The predicted octanol–water partition coefficient (Wildman–Crippen LogP) is 0.722. The van der Waals surface area contributed by atoms with Crippen LogP contribution in [0.15, 0.2) is 23.8 Å². The predicted molar refractivity (Wildman–Crippen MR) is 55.1 cm³/mol. The molecule has 1 amide bonds. The van der Waals surface area contributed by atoms with Crippen molar-refractivity contribution in [1.29, 1.82) is 0 Å². The second kappa shape index (κ2) is 4.08. The van der Waals surface area contributed by atoms with E-state index in [9.17, 15) is 4.79 Å². The molecule has 0 spiro atoms. The van der Waals surface area contributed by atoms with E-state index in [-0.39, 0.29) is 5.82 Å². The Kier molecular flexibility index (Phi) is 2.62. The topological polar surface area (TPSA) is 84.7 Å². The maximum Gasteiger partial charge on any atom is 0.288 e. The summed E-state index contributed by atoms with van der Waals surface area (Å²) < 4.78 is 0. The molecule has 0 aromatic carbocycles. The average molecular weight is 204 g/mol. The number of amides is 1. The number of rotatable bonds is 3. The summed E-state index contributed by atoms with van der Waals surface area (Å²) in [5, 5.41) is 6.42. The largest absolute Gasteiger partial charge is 0.363 e. The molecule has 78 valence electrons. The maximum absolute atomic E-state index is 10.8. The molecule has 0 aliphatic heterocycles. The zero-order valence-corrected chi connectivity index (χ0v) is 8.23. The Morgan fingerprint density at radius 1 is 1.53 bits per heavy atom. The summed E-state index contributed by atoms with van der Waals surface area (Å²) in [7, 11) is 0. The third kappa shape index (κ3) is 2.31. The number of aromatic nitrogens is 3. The minimum Gasteiger partial charge on any atom is -0.363 e. The number of nitrogens with one attached hydrogen (secondary N) is 1. The van der Waals surface area contributed by atoms with Crippen LogP contribution in [0.4, 0.5) is 0 Å². The van der Waals surface area contributed by atoms with Crippen molar-refractivity contribution in [3.05, 3.63) is 35.4 Å². The fraction of sp³-hybridized carbons (Fsp3) is 0.300. The molecule has 1 aliphatic carbocycles. The number of primary amides is 1. The minimum atomic E-state index is -0.606. The van der Waals surface area contributed by atoms with Gasteiger partial charge in [0.25, 0.3) is 5.91 Å². The average Bonchev–Trinajstić information content (AvgIpc) is 2.68. The van der Waals surface area contributed by atoms with Crippen molar-refractivity contribution in [2.75, 3.05) is 0 Å². The molecule has 0 unspecified atom stereocenters. The van der Waals surface area contributed by atoms with Crippen LogP contribution >= 0.6 is 0 Å². The lowest BCUT2D eigenvalue weighted by Gasteiger charge is -2.03. The van der Waals surface area contributed by atoms with Gasteiger partial charge in [0.15, 0.2) is 0 Å². The van der Waals surface area contributed by atoms with Gasteiger partial charge < -0.3 is 5.73 Å². The first-order chi connectivity index (χ1) is 7.25. The van der Waals surface area contributed by atoms with Gasteiger partial charge in [-0.05, 0) is 18.4 Å². The molecule has 1 aromatic heterocycles. The first-order valence-corrected chi connectivity index (χ1v) is 4.82. The van der Waals surface area contributed by atoms with Crippen molar-refractivity contribution in [3.8, 4) is 0 Å². The fourth-order valence-corrected chi connectivity index (χ4v) is 1.48. The maximum atomic E-state index is 10.8. The number of carbonyl (C=O) groups is 1. The van der Waals surface area contributed by atoms with Gasteiger partial charge in [0.1, 0.15) is 5.82 Å². The molecule has 0 radical (unpaired) electrons. The van der Waals surface area contributed by atoms with E-state index in [4.69, 9.17) is 5.73 Å². The number of hydrogen-bond donors (Lipinski definition) is 2. The van der Waals surface area contributed by atoms with E-state index in [1.54, 1.807) is 0 Å². The first kappa shape index (κ1) is 9.64. The van der Waals surface area contributed by atoms with Gasteiger partial charge in [-0.2, -0.15) is 0 Å². The van der Waals surface area contributed by atoms with Crippen LogP contribution in [0.25, 0.3) is 0 Å². The van der Waals surface area contributed by atoms with E-state index in [0.717, 1.165) is 12.8 Å². The lowest BCUT2D eigenvalue weighted by atomic mass is 10.0. The van der Waals surface area contributed by atoms with Gasteiger partial charge in [-0.15, -0.1) is 5.10 Å². The fourth-order valence-electron chi connectivity index (χ4n) is 1.48. The summed E-state index contributed by atoms with van der Waals surface area (Å²) in [6.45, 7) is 0. The number of allylic oxidation sites excluding steroid dienone is 4. The smallest absolute Gasteiger partial charge is 0.288 e. The monoisotopic (exact) mass is 204 g/mol. The lowest BCUT2D eigenvalue weighted by molar-refractivity contribution is 0.0991. The van der Waals surface area contributed by atoms with Gasteiger partial charge in [0.05, 0.1) is 0 Å². The highest BCUT2D eigenvalue weighted by molar-refractivity contribution is 5.88. The Balaban J connectivity index is 2.07. The third-order valence-corrected chi connectivity index (χ3v) is 2.20. The van der Waals surface area contributed by atoms with Gasteiger partial charge >= 0.3 is 0 Å². The Bertz CT molecular complexity index is 430. The van der Waals surface area contributed by atoms with Crippen LogP contribution in [0.1, 0.15) is 29.3 Å². The van der Waals surface area contributed by atoms with Crippen molar-refractivity contribution in [1.82, 2.24) is 15.2 Å². The summed E-state index contributed by atoms with van der Waals surface area (Å²) in [5.74, 6) is 0.109. The number of hydrogen-bond acceptors (Lipinski definition) is 3. The normalized spacial score (nSPS) is 15.1. The molecule has 0 saturated carbocycles. The van der Waals surface area contributed by atoms with Crippen LogP contribution in [0.3, 0.4) is 0 Å². The summed E-state index contributed by atoms with van der Waals surface area (Å²) in [5.41, 5.74) is 6.24. The van der Waals surface area contributed by atoms with Crippen molar-refractivity contribution in [2.45, 2.75) is 19.3 Å². The Hall–Kier alpha value is -1.91. The Labute approximate surface area is 87.1 Å². The molecular formula is C10H12N4O. The first-order valence-electron chi connectivity index (χ1n) is 4.82. The molecule has 1 aliphatic rings. The lowest BCUT2D eigenvalue weighted by Crippen LogP contribution is -2.12. The highest BCUT2D eigenvalue weighted by Crippen LogP contribution is 2.12. The summed E-state index contributed by atoms with van der Waals surface area (Å²) in [6.07, 6.45) is 9.16. The summed E-state index contributed by atoms with van der Waals surface area (Å²) in [4.78, 5) is 14.7. The zero-order chi connectivity index (χ0) is 10.7. The molecule has 0 atom stereocenters. The SMILES string of the molecule is NC(=O)c1n[nH]c(CC2=CCCC=C2)n1. The number of aromatic amines is 1. The number of carbonyl (C=O) groups excluding carboxylic acids is 1. The molecular weight excluding hydrogens is 192 g/mol. The van der Waals surface area contributed by atoms with Gasteiger partial charge in [0, 0.05) is 6.42 Å². The van der Waals surface area contributed by atoms with Crippen LogP contribution in [0, 0.1) is 0 Å². The molecule has 5 heteroatoms. The van der Waals surface area contributed by atoms with E-state index >= 15 is 0 Å². The third-order valence-electron chi connectivity index (χ3n) is 2.20. The van der Waals surface area contributed by atoms with Crippen molar-refractivity contribution in [3.63, 3.8) is 0 Å². The standard InChI is InChI=1S/C10H12N4O/c11-9(15)10-12-8(13-14-10)6-7-4-2-1-3-5-7/h2,4-5H,1,3,6H2,(H2,11,15)(H,12,13,14). The molecule has 5 nitrogen and oxygen atoms in total. The van der Waals surface area contributed by atoms with E-state index < -0.39 is 5.91 Å². The molecule has 3 N–H and O–H groups in total. The number of H-pyrrole nitrogens is 1. The van der Waals surface area contributed by atoms with Crippen LogP contribution in [-0.2, 0) is 6.42 Å². The molecule has 1 heterocycles. The van der Waals surface area contributed by atoms with Gasteiger partial charge in [-0.3, -0.25) is 9.89 Å². The number of nitrogens with zero attached hydrogens (tertiary/aromatic N) is 2. The zero-order valence-electron chi connectivity index (χ0n) is 8.23. The molecule has 15 heavy (non-hydrogen) atoms. The van der Waals surface area contributed by atoms with Crippen molar-refractivity contribution < 1.29 is 4.79 Å². The Morgan fingerprint density at radius 3 is 3.00 bits per heavy atom. The van der Waals surface area contributed by atoms with E-state index in [0.29, 0.717) is 12.2 Å². The van der Waals surface area contributed by atoms with E-state index in [1.165, 1.54) is 5.57 Å². The second-order valence-electron chi connectivity index (χ2n) is 3.41. The van der Waals surface area contributed by atoms with Gasteiger partial charge in [-0.1, -0.05) is 18.2 Å². The van der Waals surface area contributed by atoms with Crippen LogP contribution in [0.2, 0.25) is 0 Å². The molecule has 1 aromatic rings. The quantitative estimate of drug-likeness (QED) is 0.760. The summed E-state index contributed by atoms with van der Waals surface area (Å²) in [6, 6.07) is 0. The van der Waals surface area contributed by atoms with E-state index in [2.05, 4.69) is 33.4 Å². The van der Waals surface area contributed by atoms with Crippen molar-refractivity contribution in [2.24, 2.45) is 5.73 Å². The highest BCUT2D eigenvalue weighted by Gasteiger charge is 2.09. The molecule has 0 bridgehead atoms. The minimum absolute atomic E-state index is 0.0467. The van der Waals surface area contributed by atoms with Gasteiger partial charge in [-0.25, -0.2) is 4.98 Å². The molecule has 0 saturated heterocycles. The Morgan fingerprint density at radius 2 is 2.40 bits per heavy atom. The van der Waals surface area contributed by atoms with Crippen LogP contribution in [0.5, 0.6) is 0 Å². The summed E-state index contributed by atoms with van der Waals surface area (Å²) >= 11 is 0. The van der Waals surface area contributed by atoms with Crippen LogP contribution in [-0.4, -0.2) is 21.1 Å². The molecule has 0 fully saturated rings. The van der Waals surface area contributed by atoms with E-state index in [1.807, 2.05) is 0 Å². The van der Waals surface area contributed by atoms with Crippen LogP contribution < -0.4 is 5.73 Å². The number of nitrogens with two attached hydrogens (primary N) is 1. The molecule has 2 rings (SSSR count). The highest BCUT2D eigenvalue weighted by atomic mass is 16.1. The van der Waals surface area contributed by atoms with Gasteiger partial charge in [0.2, 0.25) is 5.82 Å². The second-order valence-corrected chi connectivity index (χ2v) is 3.41. The van der Waals surface area contributed by atoms with Crippen molar-refractivity contribution >= 4 is 5.91 Å².